The predicted molar refractivity (Wildman–Crippen MR) is 87.1 cm³/mol. The number of hydrogen-bond acceptors (Lipinski definition) is 4. The maximum absolute atomic E-state index is 11.9. The molecule has 1 N–H and O–H groups in total. The number of nitrogens with one attached hydrogen (secondary N) is 1. The molecule has 0 aliphatic carbocycles. The molecular weight excluding hydrogens is 292 g/mol. The number of ether oxygens (including phenoxy) is 1. The maximum Gasteiger partial charge on any atom is 0.357 e. The summed E-state index contributed by atoms with van der Waals surface area (Å²) in [5.74, 6) is -1.02. The Bertz CT molecular complexity index is 847. The van der Waals surface area contributed by atoms with Crippen LogP contribution in [0.25, 0.3) is 10.8 Å². The van der Waals surface area contributed by atoms with Crippen LogP contribution in [0, 0.1) is 0 Å². The van der Waals surface area contributed by atoms with Crippen molar-refractivity contribution in [3.05, 3.63) is 72.6 Å². The molecule has 23 heavy (non-hydrogen) atoms. The minimum Gasteiger partial charge on any atom is -0.451 e. The largest absolute Gasteiger partial charge is 0.451 e. The molecule has 5 nitrogen and oxygen atoms in total. The fraction of sp³-hybridized carbons (Fsp3) is 0.0556. The minimum atomic E-state index is -0.626. The van der Waals surface area contributed by atoms with Crippen LogP contribution in [-0.4, -0.2) is 23.5 Å². The summed E-state index contributed by atoms with van der Waals surface area (Å²) in [5, 5.41) is 4.82. The molecule has 5 heteroatoms. The summed E-state index contributed by atoms with van der Waals surface area (Å²) in [6.07, 6.45) is 1.49. The van der Waals surface area contributed by atoms with Crippen molar-refractivity contribution in [2.45, 2.75) is 0 Å². The molecule has 0 saturated heterocycles. The summed E-state index contributed by atoms with van der Waals surface area (Å²) in [7, 11) is 0. The van der Waals surface area contributed by atoms with Gasteiger partial charge < -0.3 is 10.1 Å². The first kappa shape index (κ1) is 14.7. The van der Waals surface area contributed by atoms with E-state index in [9.17, 15) is 9.59 Å². The first-order valence-corrected chi connectivity index (χ1v) is 7.09. The van der Waals surface area contributed by atoms with Crippen LogP contribution in [0.3, 0.4) is 0 Å². The van der Waals surface area contributed by atoms with E-state index in [1.807, 2.05) is 36.4 Å². The average molecular weight is 306 g/mol. The summed E-state index contributed by atoms with van der Waals surface area (Å²) < 4.78 is 4.94. The van der Waals surface area contributed by atoms with E-state index in [1.165, 1.54) is 12.3 Å². The Hall–Kier alpha value is -3.21. The number of rotatable bonds is 4. The van der Waals surface area contributed by atoms with Crippen LogP contribution in [-0.2, 0) is 9.53 Å². The van der Waals surface area contributed by atoms with Crippen LogP contribution >= 0.6 is 0 Å². The topological polar surface area (TPSA) is 68.3 Å². The molecule has 0 radical (unpaired) electrons. The van der Waals surface area contributed by atoms with E-state index < -0.39 is 11.9 Å². The molecule has 1 aromatic heterocycles. The van der Waals surface area contributed by atoms with Crippen molar-refractivity contribution in [3.63, 3.8) is 0 Å². The van der Waals surface area contributed by atoms with Crippen LogP contribution in [0.4, 0.5) is 5.69 Å². The van der Waals surface area contributed by atoms with E-state index in [0.29, 0.717) is 5.69 Å². The second-order valence-corrected chi connectivity index (χ2v) is 4.90. The number of fused-ring (bicyclic) bond motifs is 1. The lowest BCUT2D eigenvalue weighted by Crippen LogP contribution is -2.21. The lowest BCUT2D eigenvalue weighted by atomic mass is 10.1. The molecule has 0 aliphatic heterocycles. The normalized spacial score (nSPS) is 10.3. The predicted octanol–water partition coefficient (Wildman–Crippen LogP) is 3.03. The van der Waals surface area contributed by atoms with Crippen LogP contribution in [0.1, 0.15) is 10.5 Å². The molecule has 0 unspecified atom stereocenters. The monoisotopic (exact) mass is 306 g/mol. The van der Waals surface area contributed by atoms with Gasteiger partial charge in [0.05, 0.1) is 0 Å². The van der Waals surface area contributed by atoms with Crippen molar-refractivity contribution in [2.75, 3.05) is 11.9 Å². The third-order valence-electron chi connectivity index (χ3n) is 3.24. The molecule has 1 heterocycles. The zero-order valence-electron chi connectivity index (χ0n) is 12.2. The minimum absolute atomic E-state index is 0.172. The quantitative estimate of drug-likeness (QED) is 0.752. The fourth-order valence-electron chi connectivity index (χ4n) is 2.15. The van der Waals surface area contributed by atoms with Crippen molar-refractivity contribution in [2.24, 2.45) is 0 Å². The van der Waals surface area contributed by atoms with Gasteiger partial charge in [0.2, 0.25) is 0 Å². The van der Waals surface area contributed by atoms with Crippen molar-refractivity contribution >= 4 is 28.3 Å². The maximum atomic E-state index is 11.9. The van der Waals surface area contributed by atoms with E-state index in [0.717, 1.165) is 10.8 Å². The van der Waals surface area contributed by atoms with Crippen LogP contribution in [0.15, 0.2) is 66.9 Å². The van der Waals surface area contributed by atoms with Crippen molar-refractivity contribution < 1.29 is 14.3 Å². The highest BCUT2D eigenvalue weighted by atomic mass is 16.5. The lowest BCUT2D eigenvalue weighted by Gasteiger charge is -2.07. The first-order valence-electron chi connectivity index (χ1n) is 7.09. The molecular formula is C18H14N2O3. The molecule has 3 rings (SSSR count). The molecule has 1 amide bonds. The van der Waals surface area contributed by atoms with E-state index in [2.05, 4.69) is 10.3 Å². The number of benzene rings is 2. The molecule has 0 spiro atoms. The van der Waals surface area contributed by atoms with E-state index in [1.54, 1.807) is 18.2 Å². The number of carbonyl (C=O) groups is 2. The van der Waals surface area contributed by atoms with E-state index >= 15 is 0 Å². The molecule has 0 fully saturated rings. The molecule has 0 bridgehead atoms. The van der Waals surface area contributed by atoms with Gasteiger partial charge in [-0.15, -0.1) is 0 Å². The second kappa shape index (κ2) is 6.70. The Morgan fingerprint density at radius 3 is 2.52 bits per heavy atom. The van der Waals surface area contributed by atoms with Gasteiger partial charge in [0.1, 0.15) is 5.69 Å². The van der Waals surface area contributed by atoms with Crippen LogP contribution in [0.2, 0.25) is 0 Å². The molecule has 0 aliphatic rings. The van der Waals surface area contributed by atoms with Gasteiger partial charge in [-0.05, 0) is 35.0 Å². The molecule has 3 aromatic rings. The summed E-state index contributed by atoms with van der Waals surface area (Å²) in [4.78, 5) is 27.5. The van der Waals surface area contributed by atoms with Crippen LogP contribution < -0.4 is 5.32 Å². The van der Waals surface area contributed by atoms with Gasteiger partial charge in [0.15, 0.2) is 6.61 Å². The van der Waals surface area contributed by atoms with Gasteiger partial charge >= 0.3 is 5.97 Å². The van der Waals surface area contributed by atoms with E-state index in [4.69, 9.17) is 4.74 Å². The smallest absolute Gasteiger partial charge is 0.357 e. The number of nitrogens with zero attached hydrogens (tertiary/aromatic N) is 1. The van der Waals surface area contributed by atoms with Crippen molar-refractivity contribution in [1.82, 2.24) is 4.98 Å². The number of amides is 1. The van der Waals surface area contributed by atoms with Crippen molar-refractivity contribution in [1.29, 1.82) is 0 Å². The van der Waals surface area contributed by atoms with Gasteiger partial charge in [0, 0.05) is 11.9 Å². The molecule has 0 atom stereocenters. The first-order chi connectivity index (χ1) is 11.2. The Kier molecular flexibility index (Phi) is 4.29. The number of carbonyl (C=O) groups excluding carboxylic acids is 2. The third kappa shape index (κ3) is 3.71. The summed E-state index contributed by atoms with van der Waals surface area (Å²) >= 11 is 0. The molecule has 114 valence electrons. The average Bonchev–Trinajstić information content (AvgIpc) is 2.60. The highest BCUT2D eigenvalue weighted by Gasteiger charge is 2.11. The van der Waals surface area contributed by atoms with Crippen LogP contribution in [0.5, 0.6) is 0 Å². The Morgan fingerprint density at radius 2 is 1.74 bits per heavy atom. The van der Waals surface area contributed by atoms with Gasteiger partial charge in [-0.1, -0.05) is 36.4 Å². The number of esters is 1. The molecule has 2 aromatic carbocycles. The zero-order chi connectivity index (χ0) is 16.1. The number of hydrogen-bond donors (Lipinski definition) is 1. The van der Waals surface area contributed by atoms with Gasteiger partial charge in [0.25, 0.3) is 5.91 Å². The number of aromatic nitrogens is 1. The standard InChI is InChI=1S/C18H14N2O3/c21-17(12-23-18(22)16-7-3-4-10-19-16)20-15-9-8-13-5-1-2-6-14(13)11-15/h1-11H,12H2,(H,20,21). The zero-order valence-corrected chi connectivity index (χ0v) is 12.2. The summed E-state index contributed by atoms with van der Waals surface area (Å²) in [6, 6.07) is 18.4. The van der Waals surface area contributed by atoms with Gasteiger partial charge in [-0.2, -0.15) is 0 Å². The van der Waals surface area contributed by atoms with E-state index in [-0.39, 0.29) is 12.3 Å². The Morgan fingerprint density at radius 1 is 0.957 bits per heavy atom. The number of pyridine rings is 1. The second-order valence-electron chi connectivity index (χ2n) is 4.90. The lowest BCUT2D eigenvalue weighted by molar-refractivity contribution is -0.119. The third-order valence-corrected chi connectivity index (χ3v) is 3.24. The van der Waals surface area contributed by atoms with Gasteiger partial charge in [-0.25, -0.2) is 9.78 Å². The van der Waals surface area contributed by atoms with Crippen molar-refractivity contribution in [3.8, 4) is 0 Å². The fourth-order valence-corrected chi connectivity index (χ4v) is 2.15. The Balaban J connectivity index is 1.59. The SMILES string of the molecule is O=C(COC(=O)c1ccccn1)Nc1ccc2ccccc2c1. The Labute approximate surface area is 132 Å². The molecule has 0 saturated carbocycles. The number of anilines is 1. The highest BCUT2D eigenvalue weighted by Crippen LogP contribution is 2.18. The highest BCUT2D eigenvalue weighted by molar-refractivity contribution is 5.96. The van der Waals surface area contributed by atoms with Gasteiger partial charge in [-0.3, -0.25) is 4.79 Å². The summed E-state index contributed by atoms with van der Waals surface area (Å²) in [6.45, 7) is -0.359. The summed E-state index contributed by atoms with van der Waals surface area (Å²) in [5.41, 5.74) is 0.827.